The first-order valence-corrected chi connectivity index (χ1v) is 6.89. The summed E-state index contributed by atoms with van der Waals surface area (Å²) in [6, 6.07) is 13.3. The fourth-order valence-corrected chi connectivity index (χ4v) is 2.43. The molecule has 0 fully saturated rings. The summed E-state index contributed by atoms with van der Waals surface area (Å²) in [5.74, 6) is 0.701. The zero-order valence-electron chi connectivity index (χ0n) is 11.5. The van der Waals surface area contributed by atoms with Gasteiger partial charge in [-0.05, 0) is 52.7 Å². The van der Waals surface area contributed by atoms with Crippen molar-refractivity contribution in [3.05, 3.63) is 58.6 Å². The normalized spacial score (nSPS) is 10.8. The van der Waals surface area contributed by atoms with Crippen molar-refractivity contribution >= 4 is 17.3 Å². The molecular weight excluding hydrogens is 286 g/mol. The molecule has 0 bridgehead atoms. The first-order chi connectivity index (χ1) is 10.1. The molecule has 2 aromatic carbocycles. The highest BCUT2D eigenvalue weighted by Crippen LogP contribution is 2.24. The summed E-state index contributed by atoms with van der Waals surface area (Å²) >= 11 is 6.19. The van der Waals surface area contributed by atoms with Crippen LogP contribution in [0, 0.1) is 6.92 Å². The number of benzene rings is 2. The van der Waals surface area contributed by atoms with Crippen molar-refractivity contribution < 1.29 is 0 Å². The first kappa shape index (κ1) is 13.6. The van der Waals surface area contributed by atoms with Crippen molar-refractivity contribution in [2.24, 2.45) is 0 Å². The lowest BCUT2D eigenvalue weighted by Gasteiger charge is -2.09. The van der Waals surface area contributed by atoms with Gasteiger partial charge in [0.15, 0.2) is 5.82 Å². The van der Waals surface area contributed by atoms with Gasteiger partial charge in [-0.1, -0.05) is 29.8 Å². The SMILES string of the molecule is Cc1cc(N)ccc1-c1nnnn1Cc1ccccc1Cl. The van der Waals surface area contributed by atoms with Crippen LogP contribution in [-0.4, -0.2) is 20.2 Å². The van der Waals surface area contributed by atoms with Gasteiger partial charge in [-0.25, -0.2) is 4.68 Å². The van der Waals surface area contributed by atoms with Crippen LogP contribution in [0.3, 0.4) is 0 Å². The number of nitrogens with zero attached hydrogens (tertiary/aromatic N) is 4. The molecule has 0 aliphatic heterocycles. The highest BCUT2D eigenvalue weighted by Gasteiger charge is 2.12. The average molecular weight is 300 g/mol. The van der Waals surface area contributed by atoms with Gasteiger partial charge in [0.25, 0.3) is 0 Å². The number of aromatic nitrogens is 4. The molecule has 0 unspecified atom stereocenters. The molecule has 3 aromatic rings. The Balaban J connectivity index is 2.00. The van der Waals surface area contributed by atoms with Crippen molar-refractivity contribution in [1.29, 1.82) is 0 Å². The maximum atomic E-state index is 6.19. The van der Waals surface area contributed by atoms with Gasteiger partial charge in [-0.3, -0.25) is 0 Å². The molecule has 0 saturated heterocycles. The van der Waals surface area contributed by atoms with Crippen LogP contribution in [0.5, 0.6) is 0 Å². The van der Waals surface area contributed by atoms with E-state index in [9.17, 15) is 0 Å². The van der Waals surface area contributed by atoms with E-state index in [2.05, 4.69) is 15.5 Å². The highest BCUT2D eigenvalue weighted by atomic mass is 35.5. The smallest absolute Gasteiger partial charge is 0.182 e. The first-order valence-electron chi connectivity index (χ1n) is 6.51. The maximum absolute atomic E-state index is 6.19. The Morgan fingerprint density at radius 2 is 2.00 bits per heavy atom. The number of aryl methyl sites for hydroxylation is 1. The number of halogens is 1. The topological polar surface area (TPSA) is 69.6 Å². The molecule has 106 valence electrons. The van der Waals surface area contributed by atoms with Gasteiger partial charge in [0.1, 0.15) is 0 Å². The summed E-state index contributed by atoms with van der Waals surface area (Å²) in [5.41, 5.74) is 9.48. The standard InChI is InChI=1S/C15H14ClN5/c1-10-8-12(17)6-7-13(10)15-18-19-20-21(15)9-11-4-2-3-5-14(11)16/h2-8H,9,17H2,1H3. The van der Waals surface area contributed by atoms with Crippen LogP contribution in [0.15, 0.2) is 42.5 Å². The molecule has 0 spiro atoms. The summed E-state index contributed by atoms with van der Waals surface area (Å²) in [5, 5.41) is 12.7. The molecule has 5 nitrogen and oxygen atoms in total. The minimum Gasteiger partial charge on any atom is -0.399 e. The Morgan fingerprint density at radius 1 is 1.19 bits per heavy atom. The fraction of sp³-hybridized carbons (Fsp3) is 0.133. The molecule has 1 heterocycles. The number of nitrogens with two attached hydrogens (primary N) is 1. The molecule has 6 heteroatoms. The minimum atomic E-state index is 0.520. The van der Waals surface area contributed by atoms with Gasteiger partial charge in [-0.2, -0.15) is 0 Å². The zero-order chi connectivity index (χ0) is 14.8. The van der Waals surface area contributed by atoms with E-state index in [0.29, 0.717) is 17.4 Å². The van der Waals surface area contributed by atoms with Gasteiger partial charge in [0.05, 0.1) is 6.54 Å². The van der Waals surface area contributed by atoms with Crippen LogP contribution in [0.4, 0.5) is 5.69 Å². The number of rotatable bonds is 3. The lowest BCUT2D eigenvalue weighted by atomic mass is 10.1. The Bertz CT molecular complexity index is 781. The monoisotopic (exact) mass is 299 g/mol. The minimum absolute atomic E-state index is 0.520. The third-order valence-corrected chi connectivity index (χ3v) is 3.67. The van der Waals surface area contributed by atoms with Crippen LogP contribution >= 0.6 is 11.6 Å². The van der Waals surface area contributed by atoms with E-state index in [4.69, 9.17) is 17.3 Å². The third-order valence-electron chi connectivity index (χ3n) is 3.30. The van der Waals surface area contributed by atoms with Crippen molar-refractivity contribution in [3.63, 3.8) is 0 Å². The predicted octanol–water partition coefficient (Wildman–Crippen LogP) is 2.93. The molecule has 1 aromatic heterocycles. The van der Waals surface area contributed by atoms with E-state index >= 15 is 0 Å². The van der Waals surface area contributed by atoms with E-state index < -0.39 is 0 Å². The molecule has 0 aliphatic carbocycles. The summed E-state index contributed by atoms with van der Waals surface area (Å²) in [6.45, 7) is 2.51. The molecule has 0 radical (unpaired) electrons. The van der Waals surface area contributed by atoms with Crippen molar-refractivity contribution in [3.8, 4) is 11.4 Å². The Hall–Kier alpha value is -2.40. The van der Waals surface area contributed by atoms with E-state index in [1.165, 1.54) is 0 Å². The summed E-state index contributed by atoms with van der Waals surface area (Å²) < 4.78 is 1.74. The van der Waals surface area contributed by atoms with Crippen LogP contribution in [0.25, 0.3) is 11.4 Å². The fourth-order valence-electron chi connectivity index (χ4n) is 2.23. The van der Waals surface area contributed by atoms with E-state index in [1.807, 2.05) is 49.4 Å². The summed E-state index contributed by atoms with van der Waals surface area (Å²) in [6.07, 6.45) is 0. The van der Waals surface area contributed by atoms with Gasteiger partial charge in [0, 0.05) is 16.3 Å². The highest BCUT2D eigenvalue weighted by molar-refractivity contribution is 6.31. The van der Waals surface area contributed by atoms with E-state index in [0.717, 1.165) is 22.4 Å². The second-order valence-electron chi connectivity index (χ2n) is 4.83. The van der Waals surface area contributed by atoms with Crippen LogP contribution < -0.4 is 5.73 Å². The number of hydrogen-bond donors (Lipinski definition) is 1. The van der Waals surface area contributed by atoms with Crippen molar-refractivity contribution in [1.82, 2.24) is 20.2 Å². The predicted molar refractivity (Wildman–Crippen MR) is 83.0 cm³/mol. The molecule has 3 rings (SSSR count). The zero-order valence-corrected chi connectivity index (χ0v) is 12.2. The quantitative estimate of drug-likeness (QED) is 0.755. The molecule has 21 heavy (non-hydrogen) atoms. The Kier molecular flexibility index (Phi) is 3.58. The largest absolute Gasteiger partial charge is 0.399 e. The Morgan fingerprint density at radius 3 is 2.76 bits per heavy atom. The van der Waals surface area contributed by atoms with Gasteiger partial charge in [-0.15, -0.1) is 5.10 Å². The van der Waals surface area contributed by atoms with Gasteiger partial charge in [0.2, 0.25) is 0 Å². The Labute approximate surface area is 127 Å². The molecule has 0 amide bonds. The van der Waals surface area contributed by atoms with Crippen LogP contribution in [0.1, 0.15) is 11.1 Å². The van der Waals surface area contributed by atoms with Crippen molar-refractivity contribution in [2.45, 2.75) is 13.5 Å². The second kappa shape index (κ2) is 5.54. The van der Waals surface area contributed by atoms with Gasteiger partial charge >= 0.3 is 0 Å². The molecule has 0 saturated carbocycles. The summed E-state index contributed by atoms with van der Waals surface area (Å²) in [7, 11) is 0. The summed E-state index contributed by atoms with van der Waals surface area (Å²) in [4.78, 5) is 0. The number of anilines is 1. The van der Waals surface area contributed by atoms with Crippen molar-refractivity contribution in [2.75, 3.05) is 5.73 Å². The van der Waals surface area contributed by atoms with Crippen LogP contribution in [-0.2, 0) is 6.54 Å². The number of tetrazole rings is 1. The third kappa shape index (κ3) is 2.73. The number of nitrogen functional groups attached to an aromatic ring is 1. The molecule has 0 atom stereocenters. The van der Waals surface area contributed by atoms with Gasteiger partial charge < -0.3 is 5.73 Å². The van der Waals surface area contributed by atoms with Crippen LogP contribution in [0.2, 0.25) is 5.02 Å². The lowest BCUT2D eigenvalue weighted by molar-refractivity contribution is 0.653. The van der Waals surface area contributed by atoms with E-state index in [1.54, 1.807) is 4.68 Å². The molecule has 0 aliphatic rings. The second-order valence-corrected chi connectivity index (χ2v) is 5.23. The van der Waals surface area contributed by atoms with E-state index in [-0.39, 0.29) is 0 Å². The maximum Gasteiger partial charge on any atom is 0.182 e. The number of hydrogen-bond acceptors (Lipinski definition) is 4. The molecular formula is C15H14ClN5. The average Bonchev–Trinajstić information content (AvgIpc) is 2.89. The lowest BCUT2D eigenvalue weighted by Crippen LogP contribution is -2.05. The molecule has 2 N–H and O–H groups in total.